The molecule has 8 heteroatoms. The first-order valence-corrected chi connectivity index (χ1v) is 9.13. The third-order valence-corrected chi connectivity index (χ3v) is 4.51. The van der Waals surface area contributed by atoms with Gasteiger partial charge in [0.25, 0.3) is 11.8 Å². The molecule has 0 bridgehead atoms. The molecule has 1 N–H and O–H groups in total. The van der Waals surface area contributed by atoms with Crippen LogP contribution >= 0.6 is 15.9 Å². The number of hydrogen-bond acceptors (Lipinski definition) is 4. The maximum Gasteiger partial charge on any atom is 0.261 e. The number of carbonyl (C=O) groups excluding carboxylic acids is 3. The van der Waals surface area contributed by atoms with Crippen LogP contribution in [0.15, 0.2) is 34.9 Å². The van der Waals surface area contributed by atoms with Gasteiger partial charge in [0.15, 0.2) is 0 Å². The number of carbonyl (C=O) groups is 3. The van der Waals surface area contributed by atoms with Crippen molar-refractivity contribution in [2.24, 2.45) is 5.92 Å². The molecule has 7 nitrogen and oxygen atoms in total. The average molecular weight is 419 g/mol. The maximum atomic E-state index is 12.4. The third kappa shape index (κ3) is 3.70. The van der Waals surface area contributed by atoms with Crippen molar-refractivity contribution in [2.45, 2.75) is 26.8 Å². The van der Waals surface area contributed by atoms with Crippen molar-refractivity contribution in [2.75, 3.05) is 11.9 Å². The summed E-state index contributed by atoms with van der Waals surface area (Å²) >= 11 is 3.30. The summed E-state index contributed by atoms with van der Waals surface area (Å²) < 4.78 is 2.46. The maximum absolute atomic E-state index is 12.4. The Balaban J connectivity index is 1.61. The van der Waals surface area contributed by atoms with Gasteiger partial charge in [-0.1, -0.05) is 29.8 Å². The topological polar surface area (TPSA) is 84.3 Å². The van der Waals surface area contributed by atoms with E-state index in [2.05, 4.69) is 40.2 Å². The molecule has 1 aliphatic rings. The Bertz CT molecular complexity index is 875. The number of rotatable bonds is 6. The molecule has 0 atom stereocenters. The molecule has 1 aliphatic heterocycles. The number of benzene rings is 1. The van der Waals surface area contributed by atoms with E-state index in [1.807, 2.05) is 0 Å². The van der Waals surface area contributed by atoms with Gasteiger partial charge in [0.1, 0.15) is 5.82 Å². The van der Waals surface area contributed by atoms with Gasteiger partial charge in [0.2, 0.25) is 5.91 Å². The fourth-order valence-electron chi connectivity index (χ4n) is 2.81. The van der Waals surface area contributed by atoms with Crippen LogP contribution in [-0.4, -0.2) is 38.9 Å². The Morgan fingerprint density at radius 2 is 1.92 bits per heavy atom. The SMILES string of the molecule is CC(C)Cn1nccc1NC(=O)CCN1C(=O)c2ccc(Br)cc2C1=O. The molecule has 3 rings (SSSR count). The number of fused-ring (bicyclic) bond motifs is 1. The van der Waals surface area contributed by atoms with Crippen molar-refractivity contribution in [3.8, 4) is 0 Å². The minimum absolute atomic E-state index is 0.0273. The van der Waals surface area contributed by atoms with Gasteiger partial charge in [-0.3, -0.25) is 19.3 Å². The van der Waals surface area contributed by atoms with E-state index in [1.165, 1.54) is 0 Å². The monoisotopic (exact) mass is 418 g/mol. The second-order valence-corrected chi connectivity index (χ2v) is 7.46. The van der Waals surface area contributed by atoms with Crippen molar-refractivity contribution in [1.82, 2.24) is 14.7 Å². The summed E-state index contributed by atoms with van der Waals surface area (Å²) in [7, 11) is 0. The Hall–Kier alpha value is -2.48. The molecule has 0 radical (unpaired) electrons. The van der Waals surface area contributed by atoms with Crippen LogP contribution in [0.1, 0.15) is 41.0 Å². The molecule has 136 valence electrons. The van der Waals surface area contributed by atoms with E-state index < -0.39 is 0 Å². The van der Waals surface area contributed by atoms with Crippen LogP contribution in [0.5, 0.6) is 0 Å². The van der Waals surface area contributed by atoms with Crippen LogP contribution in [0, 0.1) is 5.92 Å². The molecule has 0 spiro atoms. The molecule has 0 saturated heterocycles. The third-order valence-electron chi connectivity index (χ3n) is 4.02. The lowest BCUT2D eigenvalue weighted by molar-refractivity contribution is -0.116. The standard InChI is InChI=1S/C18H19BrN4O3/c1-11(2)10-23-15(5-7-20-23)21-16(24)6-8-22-17(25)13-4-3-12(19)9-14(13)18(22)26/h3-5,7,9,11H,6,8,10H2,1-2H3,(H,21,24). The Morgan fingerprint density at radius 3 is 2.65 bits per heavy atom. The van der Waals surface area contributed by atoms with Crippen LogP contribution in [0.2, 0.25) is 0 Å². The first-order valence-electron chi connectivity index (χ1n) is 8.34. The largest absolute Gasteiger partial charge is 0.311 e. The summed E-state index contributed by atoms with van der Waals surface area (Å²) in [6, 6.07) is 6.68. The zero-order chi connectivity index (χ0) is 18.8. The smallest absolute Gasteiger partial charge is 0.261 e. The van der Waals surface area contributed by atoms with Crippen molar-refractivity contribution >= 4 is 39.5 Å². The molecule has 3 amide bonds. The van der Waals surface area contributed by atoms with Gasteiger partial charge in [0, 0.05) is 30.0 Å². The minimum atomic E-state index is -0.371. The van der Waals surface area contributed by atoms with Crippen LogP contribution < -0.4 is 5.32 Å². The molecule has 1 aromatic carbocycles. The molecular formula is C18H19BrN4O3. The Morgan fingerprint density at radius 1 is 1.19 bits per heavy atom. The number of aromatic nitrogens is 2. The van der Waals surface area contributed by atoms with Crippen LogP contribution in [-0.2, 0) is 11.3 Å². The highest BCUT2D eigenvalue weighted by Crippen LogP contribution is 2.26. The van der Waals surface area contributed by atoms with Crippen LogP contribution in [0.25, 0.3) is 0 Å². The highest BCUT2D eigenvalue weighted by atomic mass is 79.9. The Labute approximate surface area is 159 Å². The van der Waals surface area contributed by atoms with E-state index in [9.17, 15) is 14.4 Å². The number of imide groups is 1. The second-order valence-electron chi connectivity index (χ2n) is 6.54. The van der Waals surface area contributed by atoms with Crippen molar-refractivity contribution in [1.29, 1.82) is 0 Å². The molecule has 1 aromatic heterocycles. The second kappa shape index (κ2) is 7.41. The van der Waals surface area contributed by atoms with E-state index in [0.717, 1.165) is 9.37 Å². The summed E-state index contributed by atoms with van der Waals surface area (Å²) in [4.78, 5) is 38.1. The minimum Gasteiger partial charge on any atom is -0.311 e. The number of nitrogens with one attached hydrogen (secondary N) is 1. The zero-order valence-corrected chi connectivity index (χ0v) is 16.1. The lowest BCUT2D eigenvalue weighted by atomic mass is 10.1. The van der Waals surface area contributed by atoms with Gasteiger partial charge < -0.3 is 5.32 Å². The summed E-state index contributed by atoms with van der Waals surface area (Å²) in [6.07, 6.45) is 1.65. The van der Waals surface area contributed by atoms with Gasteiger partial charge in [-0.2, -0.15) is 5.10 Å². The molecule has 2 aromatic rings. The molecule has 2 heterocycles. The zero-order valence-electron chi connectivity index (χ0n) is 14.5. The molecule has 0 unspecified atom stereocenters. The fraction of sp³-hybridized carbons (Fsp3) is 0.333. The molecule has 0 fully saturated rings. The van der Waals surface area contributed by atoms with E-state index >= 15 is 0 Å². The predicted molar refractivity (Wildman–Crippen MR) is 99.8 cm³/mol. The van der Waals surface area contributed by atoms with Crippen LogP contribution in [0.4, 0.5) is 5.82 Å². The normalized spacial score (nSPS) is 13.5. The summed E-state index contributed by atoms with van der Waals surface area (Å²) in [5.41, 5.74) is 0.730. The number of halogens is 1. The molecular weight excluding hydrogens is 400 g/mol. The van der Waals surface area contributed by atoms with Gasteiger partial charge in [0.05, 0.1) is 17.3 Å². The summed E-state index contributed by atoms with van der Waals surface area (Å²) in [5.74, 6) is -0.00874. The number of nitrogens with zero attached hydrogens (tertiary/aromatic N) is 3. The van der Waals surface area contributed by atoms with Gasteiger partial charge in [-0.25, -0.2) is 4.68 Å². The summed E-state index contributed by atoms with van der Waals surface area (Å²) in [5, 5.41) is 6.97. The highest BCUT2D eigenvalue weighted by molar-refractivity contribution is 9.10. The van der Waals surface area contributed by atoms with Gasteiger partial charge in [-0.05, 0) is 24.1 Å². The van der Waals surface area contributed by atoms with E-state index in [4.69, 9.17) is 0 Å². The van der Waals surface area contributed by atoms with Crippen molar-refractivity contribution < 1.29 is 14.4 Å². The van der Waals surface area contributed by atoms with E-state index in [1.54, 1.807) is 35.1 Å². The molecule has 0 saturated carbocycles. The highest BCUT2D eigenvalue weighted by Gasteiger charge is 2.35. The van der Waals surface area contributed by atoms with Crippen molar-refractivity contribution in [3.63, 3.8) is 0 Å². The van der Waals surface area contributed by atoms with E-state index in [0.29, 0.717) is 29.4 Å². The quantitative estimate of drug-likeness (QED) is 0.730. The lowest BCUT2D eigenvalue weighted by Crippen LogP contribution is -2.33. The number of anilines is 1. The number of hydrogen-bond donors (Lipinski definition) is 1. The van der Waals surface area contributed by atoms with Crippen LogP contribution in [0.3, 0.4) is 0 Å². The molecule has 26 heavy (non-hydrogen) atoms. The number of amides is 3. The first-order chi connectivity index (χ1) is 12.4. The Kier molecular flexibility index (Phi) is 5.22. The van der Waals surface area contributed by atoms with Gasteiger partial charge >= 0.3 is 0 Å². The lowest BCUT2D eigenvalue weighted by Gasteiger charge is -2.14. The van der Waals surface area contributed by atoms with E-state index in [-0.39, 0.29) is 30.7 Å². The fourth-order valence-corrected chi connectivity index (χ4v) is 3.18. The predicted octanol–water partition coefficient (Wildman–Crippen LogP) is 2.93. The van der Waals surface area contributed by atoms with Crippen molar-refractivity contribution in [3.05, 3.63) is 46.1 Å². The van der Waals surface area contributed by atoms with Gasteiger partial charge in [-0.15, -0.1) is 0 Å². The first kappa shape index (κ1) is 18.3. The molecule has 0 aliphatic carbocycles. The average Bonchev–Trinajstić information content (AvgIpc) is 3.09. The summed E-state index contributed by atoms with van der Waals surface area (Å²) in [6.45, 7) is 4.85.